The number of imide groups is 1. The Morgan fingerprint density at radius 2 is 1.56 bits per heavy atom. The molecule has 4 rings (SSSR count). The lowest BCUT2D eigenvalue weighted by Gasteiger charge is -2.18. The Bertz CT molecular complexity index is 935. The topological polar surface area (TPSA) is 71.7 Å². The van der Waals surface area contributed by atoms with Crippen LogP contribution in [0.3, 0.4) is 0 Å². The minimum absolute atomic E-state index is 0.222. The van der Waals surface area contributed by atoms with Crippen LogP contribution in [0.2, 0.25) is 0 Å². The van der Waals surface area contributed by atoms with Gasteiger partial charge in [-0.25, -0.2) is 0 Å². The summed E-state index contributed by atoms with van der Waals surface area (Å²) in [7, 11) is 0. The minimum Gasteiger partial charge on any atom is -0.272 e. The number of hydrogen-bond acceptors (Lipinski definition) is 4. The Morgan fingerprint density at radius 1 is 0.926 bits per heavy atom. The van der Waals surface area contributed by atoms with Crippen molar-refractivity contribution in [2.75, 3.05) is 6.54 Å². The molecule has 1 saturated carbocycles. The number of amides is 2. The molecule has 0 N–H and O–H groups in total. The summed E-state index contributed by atoms with van der Waals surface area (Å²) < 4.78 is 1.44. The molecule has 1 aliphatic heterocycles. The first-order chi connectivity index (χ1) is 13.1. The second kappa shape index (κ2) is 7.31. The molecule has 6 nitrogen and oxygen atoms in total. The second-order valence-corrected chi connectivity index (χ2v) is 6.99. The number of aromatic nitrogens is 1. The number of rotatable bonds is 3. The van der Waals surface area contributed by atoms with Crippen LogP contribution in [-0.4, -0.2) is 39.8 Å². The zero-order valence-electron chi connectivity index (χ0n) is 15.0. The quantitative estimate of drug-likeness (QED) is 0.787. The molecule has 0 unspecified atom stereocenters. The van der Waals surface area contributed by atoms with Gasteiger partial charge in [0.15, 0.2) is 0 Å². The van der Waals surface area contributed by atoms with Gasteiger partial charge < -0.3 is 0 Å². The van der Waals surface area contributed by atoms with Crippen molar-refractivity contribution >= 4 is 17.7 Å². The van der Waals surface area contributed by atoms with E-state index in [0.29, 0.717) is 16.6 Å². The van der Waals surface area contributed by atoms with Gasteiger partial charge in [-0.15, -0.1) is 0 Å². The van der Waals surface area contributed by atoms with Crippen LogP contribution >= 0.6 is 0 Å². The van der Waals surface area contributed by atoms with Crippen molar-refractivity contribution < 1.29 is 14.4 Å². The van der Waals surface area contributed by atoms with Crippen molar-refractivity contribution in [1.29, 1.82) is 0 Å². The van der Waals surface area contributed by atoms with Crippen LogP contribution in [0, 0.1) is 0 Å². The number of carbonyl (C=O) groups excluding carboxylic acids is 3. The highest BCUT2D eigenvalue weighted by molar-refractivity contribution is 6.22. The van der Waals surface area contributed by atoms with Gasteiger partial charge in [-0.2, -0.15) is 0 Å². The van der Waals surface area contributed by atoms with Crippen molar-refractivity contribution in [2.45, 2.75) is 38.1 Å². The average molecular weight is 363 g/mol. The fourth-order valence-corrected chi connectivity index (χ4v) is 3.74. The molecule has 1 aliphatic carbocycles. The Kier molecular flexibility index (Phi) is 4.71. The molecule has 2 heterocycles. The summed E-state index contributed by atoms with van der Waals surface area (Å²) in [5, 5.41) is 0. The molecular formula is C21H21N3O3. The number of benzene rings is 1. The highest BCUT2D eigenvalue weighted by atomic mass is 16.2. The largest absolute Gasteiger partial charge is 0.272 e. The lowest BCUT2D eigenvalue weighted by Crippen LogP contribution is -2.40. The summed E-state index contributed by atoms with van der Waals surface area (Å²) in [6, 6.07) is 12.3. The monoisotopic (exact) mass is 363 g/mol. The van der Waals surface area contributed by atoms with Gasteiger partial charge >= 0.3 is 0 Å². The lowest BCUT2D eigenvalue weighted by atomic mass is 9.96. The van der Waals surface area contributed by atoms with Crippen LogP contribution in [0.25, 0.3) is 0 Å². The summed E-state index contributed by atoms with van der Waals surface area (Å²) in [5.41, 5.74) is 1.27. The third kappa shape index (κ3) is 3.35. The summed E-state index contributed by atoms with van der Waals surface area (Å²) in [4.78, 5) is 43.6. The van der Waals surface area contributed by atoms with E-state index in [1.165, 1.54) is 11.0 Å². The molecule has 1 aromatic carbocycles. The Hall–Kier alpha value is -3.02. The van der Waals surface area contributed by atoms with E-state index in [2.05, 4.69) is 0 Å². The molecule has 2 amide bonds. The van der Waals surface area contributed by atoms with Crippen molar-refractivity contribution in [3.8, 4) is 0 Å². The molecule has 0 atom stereocenters. The fourth-order valence-electron chi connectivity index (χ4n) is 3.74. The van der Waals surface area contributed by atoms with Gasteiger partial charge in [-0.1, -0.05) is 37.5 Å². The van der Waals surface area contributed by atoms with Crippen LogP contribution in [0.4, 0.5) is 0 Å². The summed E-state index contributed by atoms with van der Waals surface area (Å²) in [5.74, 6) is -1.20. The summed E-state index contributed by atoms with van der Waals surface area (Å²) in [6.07, 6.45) is 7.25. The third-order valence-corrected chi connectivity index (χ3v) is 5.17. The molecule has 1 fully saturated rings. The van der Waals surface area contributed by atoms with E-state index in [1.54, 1.807) is 42.6 Å². The van der Waals surface area contributed by atoms with E-state index < -0.39 is 11.8 Å². The highest BCUT2D eigenvalue weighted by Crippen LogP contribution is 2.22. The van der Waals surface area contributed by atoms with Crippen molar-refractivity contribution in [3.05, 3.63) is 65.3 Å². The molecule has 6 heteroatoms. The van der Waals surface area contributed by atoms with E-state index >= 15 is 0 Å². The van der Waals surface area contributed by atoms with Gasteiger partial charge in [-0.3, -0.25) is 28.8 Å². The maximum atomic E-state index is 12.9. The smallest absolute Gasteiger partial charge is 0.262 e. The Morgan fingerprint density at radius 3 is 2.22 bits per heavy atom. The van der Waals surface area contributed by atoms with Crippen LogP contribution in [0.1, 0.15) is 57.6 Å². The van der Waals surface area contributed by atoms with E-state index in [-0.39, 0.29) is 18.5 Å². The lowest BCUT2D eigenvalue weighted by molar-refractivity contribution is 0.0603. The van der Waals surface area contributed by atoms with Crippen LogP contribution in [-0.2, 0) is 0 Å². The highest BCUT2D eigenvalue weighted by Gasteiger charge is 2.36. The number of fused-ring (bicyclic) bond motifs is 1. The molecule has 27 heavy (non-hydrogen) atoms. The Balaban J connectivity index is 1.59. The van der Waals surface area contributed by atoms with Crippen LogP contribution < -0.4 is 5.49 Å². The molecule has 1 aromatic heterocycles. The first-order valence-electron chi connectivity index (χ1n) is 9.35. The van der Waals surface area contributed by atoms with Gasteiger partial charge in [0, 0.05) is 6.20 Å². The Labute approximate surface area is 157 Å². The van der Waals surface area contributed by atoms with E-state index in [0.717, 1.165) is 30.6 Å². The van der Waals surface area contributed by atoms with Crippen molar-refractivity contribution in [3.63, 3.8) is 0 Å². The molecular weight excluding hydrogens is 342 g/mol. The van der Waals surface area contributed by atoms with E-state index in [4.69, 9.17) is 4.99 Å². The van der Waals surface area contributed by atoms with Gasteiger partial charge in [-0.05, 0) is 37.1 Å². The maximum Gasteiger partial charge on any atom is 0.262 e. The molecule has 0 spiro atoms. The predicted molar refractivity (Wildman–Crippen MR) is 99.3 cm³/mol. The van der Waals surface area contributed by atoms with Crippen molar-refractivity contribution in [1.82, 2.24) is 9.47 Å². The maximum absolute atomic E-state index is 12.9. The first kappa shape index (κ1) is 17.4. The number of hydrogen-bond donors (Lipinski definition) is 0. The summed E-state index contributed by atoms with van der Waals surface area (Å²) in [6.45, 7) is -0.297. The minimum atomic E-state index is -0.425. The zero-order chi connectivity index (χ0) is 18.8. The summed E-state index contributed by atoms with van der Waals surface area (Å²) >= 11 is 0. The SMILES string of the molecule is O=C1c2ccccc2C(=O)N1CC(=O)n1ccccc1=NC1CCCCC1. The molecule has 0 bridgehead atoms. The fraction of sp³-hybridized carbons (Fsp3) is 0.333. The number of carbonyl (C=O) groups is 3. The zero-order valence-corrected chi connectivity index (χ0v) is 15.0. The first-order valence-corrected chi connectivity index (χ1v) is 9.35. The van der Waals surface area contributed by atoms with Crippen molar-refractivity contribution in [2.24, 2.45) is 4.99 Å². The predicted octanol–water partition coefficient (Wildman–Crippen LogP) is 2.66. The van der Waals surface area contributed by atoms with Gasteiger partial charge in [0.1, 0.15) is 12.0 Å². The standard InChI is InChI=1S/C21H21N3O3/c25-19(14-24-20(26)16-10-4-5-11-17(16)21(24)27)23-13-7-6-12-18(23)22-15-8-2-1-3-9-15/h4-7,10-13,15H,1-3,8-9,14H2. The molecule has 0 radical (unpaired) electrons. The molecule has 138 valence electrons. The number of nitrogens with zero attached hydrogens (tertiary/aromatic N) is 3. The van der Waals surface area contributed by atoms with Crippen LogP contribution in [0.15, 0.2) is 53.7 Å². The van der Waals surface area contributed by atoms with Gasteiger partial charge in [0.25, 0.3) is 17.7 Å². The molecule has 0 saturated heterocycles. The third-order valence-electron chi connectivity index (χ3n) is 5.17. The van der Waals surface area contributed by atoms with Crippen LogP contribution in [0.5, 0.6) is 0 Å². The second-order valence-electron chi connectivity index (χ2n) is 6.99. The van der Waals surface area contributed by atoms with Gasteiger partial charge in [0.05, 0.1) is 17.2 Å². The number of pyridine rings is 1. The van der Waals surface area contributed by atoms with E-state index in [1.807, 2.05) is 6.07 Å². The molecule has 2 aliphatic rings. The molecule has 2 aromatic rings. The van der Waals surface area contributed by atoms with Gasteiger partial charge in [0.2, 0.25) is 0 Å². The normalized spacial score (nSPS) is 18.1. The van der Waals surface area contributed by atoms with E-state index in [9.17, 15) is 14.4 Å². The average Bonchev–Trinajstić information content (AvgIpc) is 2.94.